The molecule has 0 saturated carbocycles. The Kier molecular flexibility index (Phi) is 5.12. The molecular weight excluding hydrogens is 224 g/mol. The first-order chi connectivity index (χ1) is 8.15. The molecule has 2 amide bonds. The molecule has 0 saturated heterocycles. The number of ether oxygens (including phenoxy) is 1. The van der Waals surface area contributed by atoms with Crippen LogP contribution in [0.15, 0.2) is 24.3 Å². The van der Waals surface area contributed by atoms with E-state index in [4.69, 9.17) is 5.11 Å². The van der Waals surface area contributed by atoms with Crippen LogP contribution in [0.4, 0.5) is 11.4 Å². The summed E-state index contributed by atoms with van der Waals surface area (Å²) in [5, 5.41) is 13.6. The van der Waals surface area contributed by atoms with Gasteiger partial charge >= 0.3 is 0 Å². The fourth-order valence-electron chi connectivity index (χ4n) is 1.17. The van der Waals surface area contributed by atoms with Crippen LogP contribution in [0.3, 0.4) is 0 Å². The van der Waals surface area contributed by atoms with Gasteiger partial charge in [-0.05, 0) is 24.3 Å². The lowest BCUT2D eigenvalue weighted by molar-refractivity contribution is -0.120. The van der Waals surface area contributed by atoms with Crippen molar-refractivity contribution in [3.63, 3.8) is 0 Å². The fourth-order valence-corrected chi connectivity index (χ4v) is 1.17. The lowest BCUT2D eigenvalue weighted by Crippen LogP contribution is -2.17. The maximum absolute atomic E-state index is 11.2. The van der Waals surface area contributed by atoms with Crippen LogP contribution in [-0.4, -0.2) is 37.2 Å². The third-order valence-electron chi connectivity index (χ3n) is 1.87. The van der Waals surface area contributed by atoms with Crippen LogP contribution in [0, 0.1) is 0 Å². The smallest absolute Gasteiger partial charge is 0.250 e. The van der Waals surface area contributed by atoms with Crippen LogP contribution >= 0.6 is 0 Å². The highest BCUT2D eigenvalue weighted by Gasteiger charge is 2.02. The van der Waals surface area contributed by atoms with Crippen molar-refractivity contribution in [2.75, 3.05) is 31.0 Å². The number of methoxy groups -OCH3 is 1. The number of rotatable bonds is 5. The lowest BCUT2D eigenvalue weighted by atomic mass is 10.2. The first kappa shape index (κ1) is 13.1. The van der Waals surface area contributed by atoms with Crippen molar-refractivity contribution in [1.82, 2.24) is 0 Å². The van der Waals surface area contributed by atoms with E-state index in [1.807, 2.05) is 0 Å². The number of nitrogens with one attached hydrogen (secondary N) is 2. The average molecular weight is 238 g/mol. The zero-order valence-corrected chi connectivity index (χ0v) is 9.40. The molecule has 17 heavy (non-hydrogen) atoms. The Morgan fingerprint density at radius 1 is 1.12 bits per heavy atom. The van der Waals surface area contributed by atoms with E-state index < -0.39 is 12.5 Å². The third kappa shape index (κ3) is 4.62. The largest absolute Gasteiger partial charge is 0.387 e. The zero-order chi connectivity index (χ0) is 12.7. The molecule has 0 aliphatic rings. The van der Waals surface area contributed by atoms with Crippen molar-refractivity contribution in [1.29, 1.82) is 0 Å². The predicted octanol–water partition coefficient (Wildman–Crippen LogP) is 0.202. The Morgan fingerprint density at radius 2 is 1.59 bits per heavy atom. The summed E-state index contributed by atoms with van der Waals surface area (Å²) in [5.74, 6) is -0.735. The summed E-state index contributed by atoms with van der Waals surface area (Å²) >= 11 is 0. The van der Waals surface area contributed by atoms with Crippen LogP contribution in [0.25, 0.3) is 0 Å². The molecular formula is C11H14N2O4. The topological polar surface area (TPSA) is 87.7 Å². The molecule has 0 atom stereocenters. The van der Waals surface area contributed by atoms with Crippen LogP contribution < -0.4 is 10.6 Å². The number of carbonyl (C=O) groups excluding carboxylic acids is 2. The van der Waals surface area contributed by atoms with E-state index in [9.17, 15) is 9.59 Å². The minimum Gasteiger partial charge on any atom is -0.387 e. The number of amides is 2. The van der Waals surface area contributed by atoms with E-state index in [0.717, 1.165) is 0 Å². The molecule has 0 spiro atoms. The summed E-state index contributed by atoms with van der Waals surface area (Å²) < 4.78 is 4.67. The minimum atomic E-state index is -0.563. The Labute approximate surface area is 98.6 Å². The number of hydrogen-bond acceptors (Lipinski definition) is 4. The van der Waals surface area contributed by atoms with Crippen molar-refractivity contribution in [3.05, 3.63) is 24.3 Å². The van der Waals surface area contributed by atoms with Gasteiger partial charge in [-0.15, -0.1) is 0 Å². The Balaban J connectivity index is 2.55. The minimum absolute atomic E-state index is 0.0109. The van der Waals surface area contributed by atoms with Crippen LogP contribution in [-0.2, 0) is 14.3 Å². The van der Waals surface area contributed by atoms with Gasteiger partial charge in [0.05, 0.1) is 0 Å². The van der Waals surface area contributed by atoms with Gasteiger partial charge in [0.1, 0.15) is 13.2 Å². The van der Waals surface area contributed by atoms with E-state index in [-0.39, 0.29) is 12.5 Å². The SMILES string of the molecule is COCC(=O)Nc1ccc(NC(=O)CO)cc1. The first-order valence-electron chi connectivity index (χ1n) is 4.95. The summed E-state index contributed by atoms with van der Waals surface area (Å²) in [4.78, 5) is 22.1. The highest BCUT2D eigenvalue weighted by molar-refractivity contribution is 5.93. The number of anilines is 2. The molecule has 0 aliphatic heterocycles. The van der Waals surface area contributed by atoms with Gasteiger partial charge in [0.2, 0.25) is 11.8 Å². The molecule has 0 fully saturated rings. The van der Waals surface area contributed by atoms with Crippen molar-refractivity contribution in [3.8, 4) is 0 Å². The van der Waals surface area contributed by atoms with Crippen LogP contribution in [0.1, 0.15) is 0 Å². The zero-order valence-electron chi connectivity index (χ0n) is 9.40. The summed E-state index contributed by atoms with van der Waals surface area (Å²) in [6.07, 6.45) is 0. The molecule has 6 heteroatoms. The number of carbonyl (C=O) groups is 2. The van der Waals surface area contributed by atoms with Gasteiger partial charge < -0.3 is 20.5 Å². The lowest BCUT2D eigenvalue weighted by Gasteiger charge is -2.06. The number of aliphatic hydroxyl groups excluding tert-OH is 1. The van der Waals surface area contributed by atoms with Gasteiger partial charge in [-0.25, -0.2) is 0 Å². The monoisotopic (exact) mass is 238 g/mol. The summed E-state index contributed by atoms with van der Waals surface area (Å²) in [6, 6.07) is 6.52. The van der Waals surface area contributed by atoms with Gasteiger partial charge in [-0.3, -0.25) is 9.59 Å². The van der Waals surface area contributed by atoms with Gasteiger partial charge in [0.25, 0.3) is 0 Å². The number of hydrogen-bond donors (Lipinski definition) is 3. The van der Waals surface area contributed by atoms with Gasteiger partial charge in [-0.2, -0.15) is 0 Å². The van der Waals surface area contributed by atoms with E-state index in [2.05, 4.69) is 15.4 Å². The van der Waals surface area contributed by atoms with E-state index >= 15 is 0 Å². The van der Waals surface area contributed by atoms with Crippen molar-refractivity contribution in [2.45, 2.75) is 0 Å². The average Bonchev–Trinajstić information content (AvgIpc) is 2.32. The Bertz CT molecular complexity index is 389. The normalized spacial score (nSPS) is 9.76. The molecule has 1 rings (SSSR count). The molecule has 0 unspecified atom stereocenters. The molecule has 0 aromatic heterocycles. The van der Waals surface area contributed by atoms with Gasteiger partial charge in [0.15, 0.2) is 0 Å². The summed E-state index contributed by atoms with van der Waals surface area (Å²) in [7, 11) is 1.44. The third-order valence-corrected chi connectivity index (χ3v) is 1.87. The molecule has 0 bridgehead atoms. The molecule has 0 heterocycles. The Hall–Kier alpha value is -1.92. The second kappa shape index (κ2) is 6.62. The number of aliphatic hydroxyl groups is 1. The van der Waals surface area contributed by atoms with Crippen molar-refractivity contribution >= 4 is 23.2 Å². The molecule has 6 nitrogen and oxygen atoms in total. The van der Waals surface area contributed by atoms with Crippen molar-refractivity contribution < 1.29 is 19.4 Å². The highest BCUT2D eigenvalue weighted by Crippen LogP contribution is 2.13. The molecule has 0 radical (unpaired) electrons. The standard InChI is InChI=1S/C11H14N2O4/c1-17-7-11(16)13-9-4-2-8(3-5-9)12-10(15)6-14/h2-5,14H,6-7H2,1H3,(H,12,15)(H,13,16). The predicted molar refractivity (Wildman–Crippen MR) is 62.7 cm³/mol. The van der Waals surface area contributed by atoms with Gasteiger partial charge in [-0.1, -0.05) is 0 Å². The quantitative estimate of drug-likeness (QED) is 0.684. The van der Waals surface area contributed by atoms with Gasteiger partial charge in [0, 0.05) is 18.5 Å². The van der Waals surface area contributed by atoms with E-state index in [0.29, 0.717) is 11.4 Å². The second-order valence-corrected chi connectivity index (χ2v) is 3.26. The van der Waals surface area contributed by atoms with Crippen LogP contribution in [0.5, 0.6) is 0 Å². The van der Waals surface area contributed by atoms with Crippen molar-refractivity contribution in [2.24, 2.45) is 0 Å². The second-order valence-electron chi connectivity index (χ2n) is 3.26. The molecule has 0 aliphatic carbocycles. The summed E-state index contributed by atoms with van der Waals surface area (Å²) in [5.41, 5.74) is 1.16. The van der Waals surface area contributed by atoms with E-state index in [1.165, 1.54) is 7.11 Å². The summed E-state index contributed by atoms with van der Waals surface area (Å²) in [6.45, 7) is -0.574. The fraction of sp³-hybridized carbons (Fsp3) is 0.273. The van der Waals surface area contributed by atoms with Crippen LogP contribution in [0.2, 0.25) is 0 Å². The maximum Gasteiger partial charge on any atom is 0.250 e. The van der Waals surface area contributed by atoms with E-state index in [1.54, 1.807) is 24.3 Å². The Morgan fingerprint density at radius 3 is 2.00 bits per heavy atom. The molecule has 3 N–H and O–H groups in total. The molecule has 1 aromatic rings. The highest BCUT2D eigenvalue weighted by atomic mass is 16.5. The molecule has 1 aromatic carbocycles. The maximum atomic E-state index is 11.2. The first-order valence-corrected chi connectivity index (χ1v) is 4.95. The molecule has 92 valence electrons. The number of benzene rings is 1.